The van der Waals surface area contributed by atoms with Crippen LogP contribution in [0.25, 0.3) is 11.1 Å². The van der Waals surface area contributed by atoms with Gasteiger partial charge in [0.2, 0.25) is 0 Å². The number of hydrogen-bond donors (Lipinski definition) is 0. The molecule has 2 rings (SSSR count). The SMILES string of the molecule is Clc1ccc(-c2c(Cl)cncc2Cl)c(Cl)c1Cl. The lowest BCUT2D eigenvalue weighted by atomic mass is 10.1. The molecule has 0 fully saturated rings. The van der Waals surface area contributed by atoms with Crippen molar-refractivity contribution in [1.29, 1.82) is 0 Å². The van der Waals surface area contributed by atoms with Gasteiger partial charge in [-0.2, -0.15) is 0 Å². The minimum atomic E-state index is 0.273. The second kappa shape index (κ2) is 5.21. The van der Waals surface area contributed by atoms with Crippen LogP contribution < -0.4 is 0 Å². The third-order valence-corrected chi connectivity index (χ3v) is 4.02. The van der Waals surface area contributed by atoms with Gasteiger partial charge in [-0.3, -0.25) is 4.98 Å². The van der Waals surface area contributed by atoms with E-state index in [0.717, 1.165) is 0 Å². The summed E-state index contributed by atoms with van der Waals surface area (Å²) < 4.78 is 0. The molecular formula is C11H4Cl5N. The third kappa shape index (κ3) is 2.49. The van der Waals surface area contributed by atoms with E-state index >= 15 is 0 Å². The van der Waals surface area contributed by atoms with Gasteiger partial charge >= 0.3 is 0 Å². The second-order valence-electron chi connectivity index (χ2n) is 3.20. The van der Waals surface area contributed by atoms with E-state index in [1.807, 2.05) is 0 Å². The summed E-state index contributed by atoms with van der Waals surface area (Å²) in [4.78, 5) is 3.87. The average molecular weight is 327 g/mol. The normalized spacial score (nSPS) is 10.6. The van der Waals surface area contributed by atoms with E-state index < -0.39 is 0 Å². The molecule has 0 bridgehead atoms. The fourth-order valence-corrected chi connectivity index (χ4v) is 2.59. The maximum atomic E-state index is 6.12. The van der Waals surface area contributed by atoms with Crippen LogP contribution >= 0.6 is 58.0 Å². The van der Waals surface area contributed by atoms with Gasteiger partial charge in [-0.05, 0) is 6.07 Å². The molecule has 0 aliphatic heterocycles. The second-order valence-corrected chi connectivity index (χ2v) is 5.18. The number of aromatic nitrogens is 1. The molecule has 1 nitrogen and oxygen atoms in total. The van der Waals surface area contributed by atoms with Crippen molar-refractivity contribution in [2.45, 2.75) is 0 Å². The Kier molecular flexibility index (Phi) is 4.06. The molecule has 88 valence electrons. The van der Waals surface area contributed by atoms with Gasteiger partial charge < -0.3 is 0 Å². The van der Waals surface area contributed by atoms with Gasteiger partial charge in [0.05, 0.1) is 25.1 Å². The molecular weight excluding hydrogens is 323 g/mol. The molecule has 1 aromatic carbocycles. The van der Waals surface area contributed by atoms with Crippen LogP contribution in [-0.2, 0) is 0 Å². The standard InChI is InChI=1S/C11H4Cl5N/c12-6-2-1-5(10(15)11(6)16)9-7(13)3-17-4-8(9)14/h1-4H. The van der Waals surface area contributed by atoms with Crippen molar-refractivity contribution in [3.63, 3.8) is 0 Å². The van der Waals surface area contributed by atoms with Crippen LogP contribution in [0.4, 0.5) is 0 Å². The molecule has 1 heterocycles. The number of hydrogen-bond acceptors (Lipinski definition) is 1. The topological polar surface area (TPSA) is 12.9 Å². The van der Waals surface area contributed by atoms with Gasteiger partial charge in [0, 0.05) is 23.5 Å². The Morgan fingerprint density at radius 2 is 1.29 bits per heavy atom. The first-order valence-electron chi connectivity index (χ1n) is 4.45. The number of pyridine rings is 1. The predicted molar refractivity (Wildman–Crippen MR) is 74.7 cm³/mol. The van der Waals surface area contributed by atoms with Gasteiger partial charge in [-0.25, -0.2) is 0 Å². The highest BCUT2D eigenvalue weighted by molar-refractivity contribution is 6.50. The fraction of sp³-hybridized carbons (Fsp3) is 0. The van der Waals surface area contributed by atoms with Crippen molar-refractivity contribution in [3.05, 3.63) is 49.6 Å². The van der Waals surface area contributed by atoms with Gasteiger partial charge in [0.1, 0.15) is 0 Å². The first-order chi connectivity index (χ1) is 8.02. The van der Waals surface area contributed by atoms with Crippen molar-refractivity contribution in [3.8, 4) is 11.1 Å². The zero-order valence-electron chi connectivity index (χ0n) is 8.15. The molecule has 0 radical (unpaired) electrons. The molecule has 0 saturated carbocycles. The Hall–Kier alpha value is -0.180. The molecule has 0 N–H and O–H groups in total. The van der Waals surface area contributed by atoms with E-state index in [9.17, 15) is 0 Å². The zero-order chi connectivity index (χ0) is 12.6. The minimum absolute atomic E-state index is 0.273. The molecule has 0 atom stereocenters. The van der Waals surface area contributed by atoms with Gasteiger partial charge in [0.25, 0.3) is 0 Å². The van der Waals surface area contributed by atoms with Gasteiger partial charge in [-0.15, -0.1) is 0 Å². The van der Waals surface area contributed by atoms with Crippen molar-refractivity contribution in [2.24, 2.45) is 0 Å². The number of rotatable bonds is 1. The Labute approximate surface area is 123 Å². The van der Waals surface area contributed by atoms with Crippen LogP contribution in [0.2, 0.25) is 25.1 Å². The number of benzene rings is 1. The molecule has 2 aromatic rings. The highest BCUT2D eigenvalue weighted by Gasteiger charge is 2.15. The lowest BCUT2D eigenvalue weighted by Crippen LogP contribution is -1.86. The average Bonchev–Trinajstić information content (AvgIpc) is 2.29. The summed E-state index contributed by atoms with van der Waals surface area (Å²) in [5.74, 6) is 0. The molecule has 6 heteroatoms. The quantitative estimate of drug-likeness (QED) is 0.584. The summed E-state index contributed by atoms with van der Waals surface area (Å²) in [5.41, 5.74) is 1.21. The first kappa shape index (κ1) is 13.3. The fourth-order valence-electron chi connectivity index (χ4n) is 1.39. The highest BCUT2D eigenvalue weighted by Crippen LogP contribution is 2.42. The molecule has 0 aliphatic carbocycles. The molecule has 1 aromatic heterocycles. The van der Waals surface area contributed by atoms with Crippen LogP contribution in [-0.4, -0.2) is 4.98 Å². The van der Waals surface area contributed by atoms with Gasteiger partial charge in [0.15, 0.2) is 0 Å². The summed E-state index contributed by atoms with van der Waals surface area (Å²) in [6, 6.07) is 3.35. The first-order valence-corrected chi connectivity index (χ1v) is 6.34. The molecule has 17 heavy (non-hydrogen) atoms. The maximum Gasteiger partial charge on any atom is 0.0784 e. The maximum absolute atomic E-state index is 6.12. The minimum Gasteiger partial charge on any atom is -0.262 e. The molecule has 0 spiro atoms. The number of halogens is 5. The summed E-state index contributed by atoms with van der Waals surface area (Å²) in [5, 5.41) is 1.77. The third-order valence-electron chi connectivity index (χ3n) is 2.16. The Balaban J connectivity index is 2.74. The lowest BCUT2D eigenvalue weighted by Gasteiger charge is -2.10. The van der Waals surface area contributed by atoms with E-state index in [4.69, 9.17) is 58.0 Å². The van der Waals surface area contributed by atoms with E-state index in [1.165, 1.54) is 12.4 Å². The van der Waals surface area contributed by atoms with Crippen LogP contribution in [0.3, 0.4) is 0 Å². The Bertz CT molecular complexity index is 562. The van der Waals surface area contributed by atoms with Crippen LogP contribution in [0.5, 0.6) is 0 Å². The van der Waals surface area contributed by atoms with Crippen molar-refractivity contribution < 1.29 is 0 Å². The summed E-state index contributed by atoms with van der Waals surface area (Å²) in [6.45, 7) is 0. The molecule has 0 amide bonds. The van der Waals surface area contributed by atoms with Crippen molar-refractivity contribution >= 4 is 58.0 Å². The highest BCUT2D eigenvalue weighted by atomic mass is 35.5. The predicted octanol–water partition coefficient (Wildman–Crippen LogP) is 6.02. The van der Waals surface area contributed by atoms with Gasteiger partial charge in [-0.1, -0.05) is 64.1 Å². The van der Waals surface area contributed by atoms with Crippen molar-refractivity contribution in [2.75, 3.05) is 0 Å². The smallest absolute Gasteiger partial charge is 0.0784 e. The molecule has 0 unspecified atom stereocenters. The summed E-state index contributed by atoms with van der Waals surface area (Å²) in [6.07, 6.45) is 2.98. The van der Waals surface area contributed by atoms with Crippen LogP contribution in [0.1, 0.15) is 0 Å². The Morgan fingerprint density at radius 1 is 0.706 bits per heavy atom. The van der Waals surface area contributed by atoms with E-state index in [-0.39, 0.29) is 5.02 Å². The van der Waals surface area contributed by atoms with Crippen molar-refractivity contribution in [1.82, 2.24) is 4.98 Å². The van der Waals surface area contributed by atoms with E-state index in [1.54, 1.807) is 12.1 Å². The van der Waals surface area contributed by atoms with E-state index in [0.29, 0.717) is 31.2 Å². The number of nitrogens with zero attached hydrogens (tertiary/aromatic N) is 1. The Morgan fingerprint density at radius 3 is 1.88 bits per heavy atom. The zero-order valence-corrected chi connectivity index (χ0v) is 11.9. The van der Waals surface area contributed by atoms with Crippen LogP contribution in [0.15, 0.2) is 24.5 Å². The molecule has 0 saturated heterocycles. The summed E-state index contributed by atoms with van der Waals surface area (Å²) in [7, 11) is 0. The molecule has 0 aliphatic rings. The monoisotopic (exact) mass is 325 g/mol. The lowest BCUT2D eigenvalue weighted by molar-refractivity contribution is 1.33. The summed E-state index contributed by atoms with van der Waals surface area (Å²) >= 11 is 30.0. The van der Waals surface area contributed by atoms with E-state index in [2.05, 4.69) is 4.98 Å². The largest absolute Gasteiger partial charge is 0.262 e. The van der Waals surface area contributed by atoms with Crippen LogP contribution in [0, 0.1) is 0 Å².